The number of halogens is 6. The Kier molecular flexibility index (Phi) is 14.5. The van der Waals surface area contributed by atoms with Crippen molar-refractivity contribution in [1.82, 2.24) is 25.5 Å². The molecule has 1 aliphatic rings. The number of rotatable bonds is 14. The summed E-state index contributed by atoms with van der Waals surface area (Å²) in [6.45, 7) is 3.68. The number of aromatic nitrogens is 2. The molecule has 4 N–H and O–H groups in total. The van der Waals surface area contributed by atoms with Crippen LogP contribution in [0.5, 0.6) is 5.75 Å². The quantitative estimate of drug-likeness (QED) is 0.109. The number of thiazole rings is 1. The number of aromatic amines is 1. The van der Waals surface area contributed by atoms with Crippen molar-refractivity contribution in [1.29, 1.82) is 0 Å². The Balaban J connectivity index is 0.000000444. The number of ketones is 2. The Labute approximate surface area is 275 Å². The number of pyridine rings is 1. The molecule has 0 bridgehead atoms. The molecule has 17 heteroatoms. The van der Waals surface area contributed by atoms with Crippen molar-refractivity contribution in [3.05, 3.63) is 57.5 Å². The van der Waals surface area contributed by atoms with Crippen LogP contribution in [0.2, 0.25) is 0 Å². The third-order valence-corrected chi connectivity index (χ3v) is 8.55. The number of nitrogens with zero attached hydrogens (tertiary/aromatic N) is 2. The third-order valence-electron chi connectivity index (χ3n) is 7.60. The lowest BCUT2D eigenvalue weighted by Gasteiger charge is -2.34. The SMILES string of the molecule is O=C(C(=O)C(F)(F)F)C(F)(F)F.O=C(CCNCCc1ccccn1)N(CCNCCc1ccc(O)c2[nH]c(=O)sc12)C1CCCCC1. The van der Waals surface area contributed by atoms with Gasteiger partial charge in [-0.2, -0.15) is 26.3 Å². The number of phenolic OH excluding ortho intramolecular Hbond substituents is 1. The minimum absolute atomic E-state index is 0.105. The van der Waals surface area contributed by atoms with Crippen LogP contribution in [0.25, 0.3) is 10.2 Å². The number of carbonyl (C=O) groups is 3. The van der Waals surface area contributed by atoms with E-state index in [-0.39, 0.29) is 16.5 Å². The lowest BCUT2D eigenvalue weighted by atomic mass is 9.94. The number of alkyl halides is 6. The fourth-order valence-electron chi connectivity index (χ4n) is 5.20. The maximum absolute atomic E-state index is 13.1. The lowest BCUT2D eigenvalue weighted by Crippen LogP contribution is -2.45. The number of aromatic hydroxyl groups is 1. The van der Waals surface area contributed by atoms with Crippen molar-refractivity contribution < 1.29 is 45.8 Å². The van der Waals surface area contributed by atoms with Gasteiger partial charge in [0.2, 0.25) is 5.91 Å². The van der Waals surface area contributed by atoms with Gasteiger partial charge in [-0.1, -0.05) is 42.7 Å². The monoisotopic (exact) mass is 705 g/mol. The normalized spacial score (nSPS) is 14.0. The maximum Gasteiger partial charge on any atom is 0.458 e. The van der Waals surface area contributed by atoms with Gasteiger partial charge in [0, 0.05) is 57.0 Å². The molecule has 4 rings (SSSR count). The smallest absolute Gasteiger partial charge is 0.458 e. The molecule has 0 spiro atoms. The van der Waals surface area contributed by atoms with Gasteiger partial charge in [-0.3, -0.25) is 24.2 Å². The summed E-state index contributed by atoms with van der Waals surface area (Å²) in [5.74, 6) is -6.48. The summed E-state index contributed by atoms with van der Waals surface area (Å²) in [6.07, 6.45) is -1.77. The van der Waals surface area contributed by atoms with E-state index in [9.17, 15) is 50.6 Å². The number of Topliss-reactive ketones (excluding diaryl/α,β-unsaturated/α-hetero) is 2. The van der Waals surface area contributed by atoms with E-state index >= 15 is 0 Å². The molecular formula is C31H37F6N5O5S. The minimum atomic E-state index is -5.77. The maximum atomic E-state index is 13.1. The number of fused-ring (bicyclic) bond motifs is 1. The Hall–Kier alpha value is -3.83. The number of amides is 1. The fourth-order valence-corrected chi connectivity index (χ4v) is 6.10. The summed E-state index contributed by atoms with van der Waals surface area (Å²) in [6, 6.07) is 9.79. The highest BCUT2D eigenvalue weighted by atomic mass is 32.1. The Bertz CT molecular complexity index is 1530. The standard InChI is InChI=1S/C27H37N5O3S.C4F6O2/c33-23-10-9-20(26-25(23)31-27(35)36-26)11-15-29-18-19-32(22-7-2-1-3-8-22)24(34)13-17-28-16-12-21-6-4-5-14-30-21;5-3(6,7)1(11)2(12)4(8,9)10/h4-6,9-10,14,22,28-29,33H,1-3,7-8,11-13,15-19H2,(H,31,35);. The average molecular weight is 706 g/mol. The first-order valence-corrected chi connectivity index (χ1v) is 16.2. The van der Waals surface area contributed by atoms with Gasteiger partial charge < -0.3 is 25.6 Å². The first kappa shape index (κ1) is 38.6. The number of H-pyrrole nitrogens is 1. The van der Waals surface area contributed by atoms with Crippen molar-refractivity contribution in [2.45, 2.75) is 69.8 Å². The molecule has 1 aromatic carbocycles. The predicted molar refractivity (Wildman–Crippen MR) is 167 cm³/mol. The van der Waals surface area contributed by atoms with Gasteiger partial charge >= 0.3 is 28.8 Å². The first-order valence-electron chi connectivity index (χ1n) is 15.4. The molecule has 0 saturated heterocycles. The molecule has 1 fully saturated rings. The van der Waals surface area contributed by atoms with Gasteiger partial charge in [0.15, 0.2) is 0 Å². The molecule has 2 aromatic heterocycles. The zero-order chi connectivity index (χ0) is 35.3. The van der Waals surface area contributed by atoms with Crippen LogP contribution in [-0.4, -0.2) is 88.6 Å². The highest BCUT2D eigenvalue weighted by molar-refractivity contribution is 7.16. The lowest BCUT2D eigenvalue weighted by molar-refractivity contribution is -0.193. The summed E-state index contributed by atoms with van der Waals surface area (Å²) >= 11 is 1.13. The topological polar surface area (TPSA) is 144 Å². The molecule has 0 radical (unpaired) electrons. The van der Waals surface area contributed by atoms with Crippen LogP contribution >= 0.6 is 11.3 Å². The van der Waals surface area contributed by atoms with E-state index in [1.807, 2.05) is 30.5 Å². The van der Waals surface area contributed by atoms with E-state index in [1.54, 1.807) is 6.07 Å². The van der Waals surface area contributed by atoms with E-state index < -0.39 is 23.9 Å². The van der Waals surface area contributed by atoms with Crippen LogP contribution in [-0.2, 0) is 27.2 Å². The second-order valence-corrected chi connectivity index (χ2v) is 12.0. The number of hydrogen-bond donors (Lipinski definition) is 4. The van der Waals surface area contributed by atoms with Crippen molar-refractivity contribution in [3.63, 3.8) is 0 Å². The Morgan fingerprint density at radius 2 is 1.54 bits per heavy atom. The molecule has 0 atom stereocenters. The van der Waals surface area contributed by atoms with Gasteiger partial charge in [-0.05, 0) is 49.6 Å². The zero-order valence-electron chi connectivity index (χ0n) is 25.9. The minimum Gasteiger partial charge on any atom is -0.506 e. The summed E-state index contributed by atoms with van der Waals surface area (Å²) < 4.78 is 67.8. The molecule has 3 aromatic rings. The van der Waals surface area contributed by atoms with Crippen LogP contribution < -0.4 is 15.5 Å². The van der Waals surface area contributed by atoms with Crippen LogP contribution in [0.3, 0.4) is 0 Å². The molecule has 10 nitrogen and oxygen atoms in total. The first-order chi connectivity index (χ1) is 22.7. The van der Waals surface area contributed by atoms with Crippen molar-refractivity contribution in [3.8, 4) is 5.75 Å². The zero-order valence-corrected chi connectivity index (χ0v) is 26.7. The summed E-state index contributed by atoms with van der Waals surface area (Å²) in [4.78, 5) is 53.1. The summed E-state index contributed by atoms with van der Waals surface area (Å²) in [5, 5.41) is 16.8. The second kappa shape index (κ2) is 18.1. The molecular weight excluding hydrogens is 668 g/mol. The number of nitrogens with one attached hydrogen (secondary N) is 3. The Morgan fingerprint density at radius 3 is 2.17 bits per heavy atom. The molecule has 0 aliphatic heterocycles. The second-order valence-electron chi connectivity index (χ2n) is 11.1. The molecule has 264 valence electrons. The van der Waals surface area contributed by atoms with Crippen LogP contribution in [0, 0.1) is 0 Å². The molecule has 2 heterocycles. The van der Waals surface area contributed by atoms with Crippen LogP contribution in [0.4, 0.5) is 26.3 Å². The average Bonchev–Trinajstić information content (AvgIpc) is 3.45. The molecule has 48 heavy (non-hydrogen) atoms. The number of carbonyl (C=O) groups excluding carboxylic acids is 3. The van der Waals surface area contributed by atoms with Gasteiger partial charge in [-0.15, -0.1) is 0 Å². The highest BCUT2D eigenvalue weighted by Gasteiger charge is 2.54. The number of hydrogen-bond acceptors (Lipinski definition) is 9. The molecule has 1 aliphatic carbocycles. The van der Waals surface area contributed by atoms with Gasteiger partial charge in [0.1, 0.15) is 11.3 Å². The van der Waals surface area contributed by atoms with Crippen molar-refractivity contribution in [2.24, 2.45) is 0 Å². The molecule has 1 saturated carbocycles. The molecule has 0 unspecified atom stereocenters. The summed E-state index contributed by atoms with van der Waals surface area (Å²) in [5.41, 5.74) is 2.62. The highest BCUT2D eigenvalue weighted by Crippen LogP contribution is 2.28. The third kappa shape index (κ3) is 12.0. The van der Waals surface area contributed by atoms with Gasteiger partial charge in [0.25, 0.3) is 0 Å². The van der Waals surface area contributed by atoms with Crippen LogP contribution in [0.1, 0.15) is 49.8 Å². The van der Waals surface area contributed by atoms with E-state index in [4.69, 9.17) is 0 Å². The van der Waals surface area contributed by atoms with E-state index in [2.05, 4.69) is 25.5 Å². The van der Waals surface area contributed by atoms with E-state index in [1.165, 1.54) is 19.3 Å². The van der Waals surface area contributed by atoms with Crippen molar-refractivity contribution in [2.75, 3.05) is 32.7 Å². The van der Waals surface area contributed by atoms with Gasteiger partial charge in [0.05, 0.1) is 4.70 Å². The van der Waals surface area contributed by atoms with E-state index in [0.29, 0.717) is 31.1 Å². The number of phenols is 1. The fraction of sp³-hybridized carbons (Fsp3) is 0.516. The Morgan fingerprint density at radius 1 is 0.896 bits per heavy atom. The summed E-state index contributed by atoms with van der Waals surface area (Å²) in [7, 11) is 0. The van der Waals surface area contributed by atoms with Crippen LogP contribution in [0.15, 0.2) is 41.3 Å². The number of benzene rings is 1. The van der Waals surface area contributed by atoms with E-state index in [0.717, 1.165) is 72.6 Å². The molecule has 1 amide bonds. The predicted octanol–water partition coefficient (Wildman–Crippen LogP) is 4.46. The van der Waals surface area contributed by atoms with Gasteiger partial charge in [-0.25, -0.2) is 0 Å². The van der Waals surface area contributed by atoms with Crippen molar-refractivity contribution >= 4 is 39.0 Å². The largest absolute Gasteiger partial charge is 0.506 e.